The first-order valence-corrected chi connectivity index (χ1v) is 9.03. The minimum atomic E-state index is -0.885. The fourth-order valence-electron chi connectivity index (χ4n) is 2.51. The van der Waals surface area contributed by atoms with Crippen molar-refractivity contribution in [3.8, 4) is 0 Å². The Morgan fingerprint density at radius 2 is 2.00 bits per heavy atom. The van der Waals surface area contributed by atoms with Crippen molar-refractivity contribution in [2.45, 2.75) is 29.2 Å². The molecule has 2 atom stereocenters. The predicted octanol–water partition coefficient (Wildman–Crippen LogP) is 2.54. The van der Waals surface area contributed by atoms with Gasteiger partial charge in [-0.25, -0.2) is 4.79 Å². The third kappa shape index (κ3) is 3.37. The average molecular weight is 323 g/mol. The smallest absolute Gasteiger partial charge is 0.327 e. The molecule has 1 N–H and O–H groups in total. The number of rotatable bonds is 5. The van der Waals surface area contributed by atoms with E-state index in [0.717, 1.165) is 17.7 Å². The van der Waals surface area contributed by atoms with E-state index in [9.17, 15) is 14.7 Å². The summed E-state index contributed by atoms with van der Waals surface area (Å²) < 4.78 is 0. The Bertz CT molecular complexity index is 533. The van der Waals surface area contributed by atoms with E-state index in [1.807, 2.05) is 30.3 Å². The molecule has 0 spiro atoms. The van der Waals surface area contributed by atoms with Crippen molar-refractivity contribution in [1.82, 2.24) is 4.90 Å². The number of thioether (sulfide) groups is 2. The van der Waals surface area contributed by atoms with E-state index in [-0.39, 0.29) is 11.3 Å². The monoisotopic (exact) mass is 323 g/mol. The Morgan fingerprint density at radius 3 is 2.62 bits per heavy atom. The molecule has 1 amide bonds. The van der Waals surface area contributed by atoms with Gasteiger partial charge in [0, 0.05) is 10.6 Å². The van der Waals surface area contributed by atoms with Gasteiger partial charge in [0.25, 0.3) is 0 Å². The molecule has 21 heavy (non-hydrogen) atoms. The van der Waals surface area contributed by atoms with Gasteiger partial charge >= 0.3 is 5.97 Å². The Kier molecular flexibility index (Phi) is 4.45. The summed E-state index contributed by atoms with van der Waals surface area (Å²) in [7, 11) is 0. The zero-order chi connectivity index (χ0) is 14.8. The molecule has 1 saturated heterocycles. The van der Waals surface area contributed by atoms with Crippen LogP contribution in [0.2, 0.25) is 0 Å². The quantitative estimate of drug-likeness (QED) is 0.844. The number of amides is 1. The second-order valence-electron chi connectivity index (χ2n) is 5.32. The Labute approximate surface area is 132 Å². The lowest BCUT2D eigenvalue weighted by Gasteiger charge is -2.27. The number of hydrogen-bond donors (Lipinski definition) is 1. The lowest BCUT2D eigenvalue weighted by Crippen LogP contribution is -2.47. The topological polar surface area (TPSA) is 57.6 Å². The van der Waals surface area contributed by atoms with E-state index >= 15 is 0 Å². The number of carbonyl (C=O) groups excluding carboxylic acids is 1. The fourth-order valence-corrected chi connectivity index (χ4v) is 4.96. The second-order valence-corrected chi connectivity index (χ2v) is 7.52. The van der Waals surface area contributed by atoms with Crippen molar-refractivity contribution >= 4 is 35.4 Å². The highest BCUT2D eigenvalue weighted by atomic mass is 32.2. The molecule has 3 rings (SSSR count). The van der Waals surface area contributed by atoms with Crippen LogP contribution in [-0.2, 0) is 9.59 Å². The van der Waals surface area contributed by atoms with Crippen molar-refractivity contribution in [1.29, 1.82) is 0 Å². The van der Waals surface area contributed by atoms with Gasteiger partial charge in [-0.2, -0.15) is 0 Å². The minimum absolute atomic E-state index is 0.0573. The molecule has 112 valence electrons. The van der Waals surface area contributed by atoms with E-state index in [0.29, 0.717) is 17.4 Å². The molecular formula is C15H17NO3S2. The molecule has 4 nitrogen and oxygen atoms in total. The standard InChI is InChI=1S/C15H17NO3S2/c17-13(9-20-11-4-2-1-3-5-11)16-12(15(18)19)8-21-14(16)10-6-7-10/h1-5,10,12,14H,6-9H2,(H,18,19). The predicted molar refractivity (Wildman–Crippen MR) is 84.4 cm³/mol. The summed E-state index contributed by atoms with van der Waals surface area (Å²) in [5.74, 6) is 0.363. The third-order valence-electron chi connectivity index (χ3n) is 3.74. The number of benzene rings is 1. The van der Waals surface area contributed by atoms with Crippen LogP contribution in [0.5, 0.6) is 0 Å². The first-order chi connectivity index (χ1) is 10.2. The van der Waals surface area contributed by atoms with Crippen LogP contribution in [0.25, 0.3) is 0 Å². The number of hydrogen-bond acceptors (Lipinski definition) is 4. The number of carboxylic acids is 1. The van der Waals surface area contributed by atoms with E-state index in [2.05, 4.69) is 0 Å². The molecule has 1 aliphatic carbocycles. The fraction of sp³-hybridized carbons (Fsp3) is 0.467. The average Bonchev–Trinajstić information content (AvgIpc) is 3.24. The summed E-state index contributed by atoms with van der Waals surface area (Å²) in [6.45, 7) is 0. The van der Waals surface area contributed by atoms with Crippen LogP contribution < -0.4 is 0 Å². The number of carboxylic acid groups (broad SMARTS) is 1. The molecule has 2 aliphatic rings. The zero-order valence-electron chi connectivity index (χ0n) is 11.5. The summed E-state index contributed by atoms with van der Waals surface area (Å²) in [5, 5.41) is 9.39. The van der Waals surface area contributed by atoms with E-state index in [1.54, 1.807) is 16.7 Å². The van der Waals surface area contributed by atoms with Gasteiger partial charge in [0.15, 0.2) is 0 Å². The Hall–Kier alpha value is -1.14. The molecule has 1 aromatic rings. The van der Waals surface area contributed by atoms with Crippen LogP contribution >= 0.6 is 23.5 Å². The summed E-state index contributed by atoms with van der Waals surface area (Å²) >= 11 is 3.09. The van der Waals surface area contributed by atoms with Gasteiger partial charge in [-0.3, -0.25) is 4.79 Å². The van der Waals surface area contributed by atoms with Crippen molar-refractivity contribution in [3.63, 3.8) is 0 Å². The molecule has 0 aromatic heterocycles. The largest absolute Gasteiger partial charge is 0.480 e. The molecular weight excluding hydrogens is 306 g/mol. The van der Waals surface area contributed by atoms with E-state index in [4.69, 9.17) is 0 Å². The molecule has 2 fully saturated rings. The van der Waals surface area contributed by atoms with Gasteiger partial charge in [-0.15, -0.1) is 23.5 Å². The molecule has 1 saturated carbocycles. The van der Waals surface area contributed by atoms with E-state index in [1.165, 1.54) is 11.8 Å². The normalized spacial score (nSPS) is 25.0. The van der Waals surface area contributed by atoms with Gasteiger partial charge in [0.05, 0.1) is 11.1 Å². The maximum absolute atomic E-state index is 12.5. The highest BCUT2D eigenvalue weighted by Gasteiger charge is 2.47. The number of carbonyl (C=O) groups is 2. The summed E-state index contributed by atoms with van der Waals surface area (Å²) in [5.41, 5.74) is 0. The van der Waals surface area contributed by atoms with Crippen LogP contribution in [0.3, 0.4) is 0 Å². The van der Waals surface area contributed by atoms with Gasteiger partial charge in [0.1, 0.15) is 6.04 Å². The van der Waals surface area contributed by atoms with Crippen molar-refractivity contribution in [2.75, 3.05) is 11.5 Å². The van der Waals surface area contributed by atoms with E-state index < -0.39 is 12.0 Å². The highest BCUT2D eigenvalue weighted by molar-refractivity contribution is 8.00. The van der Waals surface area contributed by atoms with Crippen LogP contribution in [0.15, 0.2) is 35.2 Å². The van der Waals surface area contributed by atoms with Crippen LogP contribution in [0.4, 0.5) is 0 Å². The SMILES string of the molecule is O=C(O)C1CSC(C2CC2)N1C(=O)CSc1ccccc1. The van der Waals surface area contributed by atoms with Crippen LogP contribution in [0.1, 0.15) is 12.8 Å². The zero-order valence-corrected chi connectivity index (χ0v) is 13.1. The molecule has 1 heterocycles. The summed E-state index contributed by atoms with van der Waals surface area (Å²) in [4.78, 5) is 26.5. The highest BCUT2D eigenvalue weighted by Crippen LogP contribution is 2.45. The molecule has 2 unspecified atom stereocenters. The Balaban J connectivity index is 1.66. The lowest BCUT2D eigenvalue weighted by atomic mass is 10.2. The molecule has 0 bridgehead atoms. The van der Waals surface area contributed by atoms with Crippen molar-refractivity contribution in [3.05, 3.63) is 30.3 Å². The third-order valence-corrected chi connectivity index (χ3v) is 6.20. The maximum Gasteiger partial charge on any atom is 0.327 e. The first-order valence-electron chi connectivity index (χ1n) is 7.00. The summed E-state index contributed by atoms with van der Waals surface area (Å²) in [6.07, 6.45) is 2.22. The van der Waals surface area contributed by atoms with Gasteiger partial charge in [-0.05, 0) is 30.9 Å². The maximum atomic E-state index is 12.5. The lowest BCUT2D eigenvalue weighted by molar-refractivity contribution is -0.148. The Morgan fingerprint density at radius 1 is 1.29 bits per heavy atom. The number of aliphatic carboxylic acids is 1. The van der Waals surface area contributed by atoms with Crippen LogP contribution in [-0.4, -0.2) is 44.8 Å². The van der Waals surface area contributed by atoms with Crippen LogP contribution in [0, 0.1) is 5.92 Å². The van der Waals surface area contributed by atoms with Gasteiger partial charge in [-0.1, -0.05) is 18.2 Å². The molecule has 6 heteroatoms. The first kappa shape index (κ1) is 14.8. The second kappa shape index (κ2) is 6.32. The van der Waals surface area contributed by atoms with Gasteiger partial charge < -0.3 is 10.0 Å². The minimum Gasteiger partial charge on any atom is -0.480 e. The molecule has 1 aliphatic heterocycles. The van der Waals surface area contributed by atoms with Crippen molar-refractivity contribution < 1.29 is 14.7 Å². The van der Waals surface area contributed by atoms with Crippen molar-refractivity contribution in [2.24, 2.45) is 5.92 Å². The molecule has 0 radical (unpaired) electrons. The summed E-state index contributed by atoms with van der Waals surface area (Å²) in [6, 6.07) is 9.07. The number of nitrogens with zero attached hydrogens (tertiary/aromatic N) is 1. The molecule has 1 aromatic carbocycles. The van der Waals surface area contributed by atoms with Gasteiger partial charge in [0.2, 0.25) is 5.91 Å².